The van der Waals surface area contributed by atoms with E-state index in [0.717, 1.165) is 28.3 Å². The second kappa shape index (κ2) is 8.24. The fourth-order valence-corrected chi connectivity index (χ4v) is 4.06. The van der Waals surface area contributed by atoms with Crippen molar-refractivity contribution in [2.45, 2.75) is 26.6 Å². The standard InChI is InChI=1S/C25H24N4O2/c1-19-23(15-20-9-4-2-5-10-20)24(30)29-18-27(16-22-13-8-14-31-22)17-28(25(29)26-19)21-11-6-3-7-12-21/h2-14H,15-18H2,1H3. The fourth-order valence-electron chi connectivity index (χ4n) is 4.06. The summed E-state index contributed by atoms with van der Waals surface area (Å²) in [4.78, 5) is 22.8. The number of furan rings is 1. The highest BCUT2D eigenvalue weighted by atomic mass is 16.3. The molecule has 0 saturated carbocycles. The summed E-state index contributed by atoms with van der Waals surface area (Å²) in [5.74, 6) is 1.55. The molecular weight excluding hydrogens is 388 g/mol. The third kappa shape index (κ3) is 3.90. The van der Waals surface area contributed by atoms with E-state index in [9.17, 15) is 4.79 Å². The second-order valence-electron chi connectivity index (χ2n) is 7.83. The summed E-state index contributed by atoms with van der Waals surface area (Å²) in [6.07, 6.45) is 2.25. The highest BCUT2D eigenvalue weighted by Gasteiger charge is 2.28. The molecule has 6 nitrogen and oxygen atoms in total. The van der Waals surface area contributed by atoms with Crippen molar-refractivity contribution in [2.75, 3.05) is 11.6 Å². The van der Waals surface area contributed by atoms with Crippen LogP contribution in [0.1, 0.15) is 22.6 Å². The zero-order chi connectivity index (χ0) is 21.2. The molecule has 0 unspecified atom stereocenters. The summed E-state index contributed by atoms with van der Waals surface area (Å²) in [5.41, 5.74) is 3.63. The Kier molecular flexibility index (Phi) is 5.14. The summed E-state index contributed by atoms with van der Waals surface area (Å²) < 4.78 is 7.34. The summed E-state index contributed by atoms with van der Waals surface area (Å²) in [7, 11) is 0. The minimum absolute atomic E-state index is 0.0106. The van der Waals surface area contributed by atoms with E-state index in [-0.39, 0.29) is 5.56 Å². The summed E-state index contributed by atoms with van der Waals surface area (Å²) in [5, 5.41) is 0. The molecule has 0 radical (unpaired) electrons. The number of aryl methyl sites for hydroxylation is 1. The molecule has 0 fully saturated rings. The predicted octanol–water partition coefficient (Wildman–Crippen LogP) is 4.30. The Bertz CT molecular complexity index is 1220. The zero-order valence-corrected chi connectivity index (χ0v) is 17.4. The van der Waals surface area contributed by atoms with Crippen LogP contribution in [-0.4, -0.2) is 21.1 Å². The molecule has 1 aliphatic rings. The lowest BCUT2D eigenvalue weighted by molar-refractivity contribution is 0.176. The van der Waals surface area contributed by atoms with E-state index in [0.29, 0.717) is 32.3 Å². The first-order chi connectivity index (χ1) is 15.2. The number of hydrogen-bond acceptors (Lipinski definition) is 5. The molecule has 0 amide bonds. The molecule has 31 heavy (non-hydrogen) atoms. The molecule has 0 aliphatic carbocycles. The Morgan fingerprint density at radius 3 is 2.39 bits per heavy atom. The van der Waals surface area contributed by atoms with Crippen molar-refractivity contribution in [3.05, 3.63) is 112 Å². The summed E-state index contributed by atoms with van der Waals surface area (Å²) >= 11 is 0. The van der Waals surface area contributed by atoms with Gasteiger partial charge < -0.3 is 4.42 Å². The number of aromatic nitrogens is 2. The lowest BCUT2D eigenvalue weighted by atomic mass is 10.1. The Labute approximate surface area is 181 Å². The van der Waals surface area contributed by atoms with Crippen LogP contribution in [0.15, 0.2) is 88.3 Å². The van der Waals surface area contributed by atoms with E-state index in [4.69, 9.17) is 9.40 Å². The minimum atomic E-state index is 0.0106. The Balaban J connectivity index is 1.58. The van der Waals surface area contributed by atoms with Crippen molar-refractivity contribution in [1.29, 1.82) is 0 Å². The number of nitrogens with zero attached hydrogens (tertiary/aromatic N) is 4. The Morgan fingerprint density at radius 1 is 0.935 bits per heavy atom. The van der Waals surface area contributed by atoms with Crippen LogP contribution in [0.5, 0.6) is 0 Å². The molecule has 156 valence electrons. The SMILES string of the molecule is Cc1nc2n(c(=O)c1Cc1ccccc1)CN(Cc1ccco1)CN2c1ccccc1. The molecule has 0 saturated heterocycles. The molecule has 3 heterocycles. The lowest BCUT2D eigenvalue weighted by Crippen LogP contribution is -2.47. The lowest BCUT2D eigenvalue weighted by Gasteiger charge is -2.38. The first-order valence-electron chi connectivity index (χ1n) is 10.4. The van der Waals surface area contributed by atoms with Crippen molar-refractivity contribution >= 4 is 11.6 Å². The quantitative estimate of drug-likeness (QED) is 0.489. The summed E-state index contributed by atoms with van der Waals surface area (Å²) in [6, 6.07) is 24.0. The smallest absolute Gasteiger partial charge is 0.259 e. The van der Waals surface area contributed by atoms with Gasteiger partial charge in [-0.25, -0.2) is 4.98 Å². The molecule has 2 aromatic heterocycles. The van der Waals surface area contributed by atoms with E-state index in [1.807, 2.05) is 79.7 Å². The molecule has 0 bridgehead atoms. The predicted molar refractivity (Wildman–Crippen MR) is 120 cm³/mol. The van der Waals surface area contributed by atoms with Crippen LogP contribution in [0.3, 0.4) is 0 Å². The summed E-state index contributed by atoms with van der Waals surface area (Å²) in [6.45, 7) is 3.63. The topological polar surface area (TPSA) is 54.5 Å². The number of rotatable bonds is 5. The monoisotopic (exact) mass is 412 g/mol. The molecule has 0 spiro atoms. The van der Waals surface area contributed by atoms with Gasteiger partial charge in [0, 0.05) is 17.7 Å². The van der Waals surface area contributed by atoms with Crippen LogP contribution in [0, 0.1) is 6.92 Å². The number of hydrogen-bond donors (Lipinski definition) is 0. The molecule has 2 aromatic carbocycles. The van der Waals surface area contributed by atoms with Gasteiger partial charge in [0.15, 0.2) is 0 Å². The van der Waals surface area contributed by atoms with Crippen molar-refractivity contribution in [1.82, 2.24) is 14.5 Å². The van der Waals surface area contributed by atoms with Gasteiger partial charge in [-0.1, -0.05) is 48.5 Å². The molecule has 0 N–H and O–H groups in total. The highest BCUT2D eigenvalue weighted by molar-refractivity contribution is 5.58. The van der Waals surface area contributed by atoms with E-state index >= 15 is 0 Å². The average molecular weight is 412 g/mol. The third-order valence-corrected chi connectivity index (χ3v) is 5.62. The van der Waals surface area contributed by atoms with Crippen LogP contribution >= 0.6 is 0 Å². The van der Waals surface area contributed by atoms with Crippen LogP contribution in [0.25, 0.3) is 0 Å². The van der Waals surface area contributed by atoms with E-state index < -0.39 is 0 Å². The van der Waals surface area contributed by atoms with Crippen LogP contribution < -0.4 is 10.5 Å². The van der Waals surface area contributed by atoms with Crippen molar-refractivity contribution < 1.29 is 4.42 Å². The number of anilines is 2. The molecular formula is C25H24N4O2. The fraction of sp³-hybridized carbons (Fsp3) is 0.200. The van der Waals surface area contributed by atoms with Gasteiger partial charge in [0.25, 0.3) is 5.56 Å². The average Bonchev–Trinajstić information content (AvgIpc) is 3.31. The van der Waals surface area contributed by atoms with Gasteiger partial charge in [0.2, 0.25) is 5.95 Å². The number of para-hydroxylation sites is 1. The maximum Gasteiger partial charge on any atom is 0.259 e. The Hall–Kier alpha value is -3.64. The first-order valence-corrected chi connectivity index (χ1v) is 10.4. The normalized spacial score (nSPS) is 13.9. The number of benzene rings is 2. The minimum Gasteiger partial charge on any atom is -0.468 e. The van der Waals surface area contributed by atoms with E-state index in [1.54, 1.807) is 10.8 Å². The van der Waals surface area contributed by atoms with E-state index in [1.165, 1.54) is 0 Å². The largest absolute Gasteiger partial charge is 0.468 e. The van der Waals surface area contributed by atoms with Crippen molar-refractivity contribution in [3.63, 3.8) is 0 Å². The van der Waals surface area contributed by atoms with Crippen LogP contribution in [0.2, 0.25) is 0 Å². The van der Waals surface area contributed by atoms with Gasteiger partial charge >= 0.3 is 0 Å². The van der Waals surface area contributed by atoms with Gasteiger partial charge in [0.05, 0.1) is 31.8 Å². The maximum atomic E-state index is 13.6. The van der Waals surface area contributed by atoms with Crippen molar-refractivity contribution in [2.24, 2.45) is 0 Å². The van der Waals surface area contributed by atoms with Gasteiger partial charge in [-0.3, -0.25) is 19.2 Å². The Morgan fingerprint density at radius 2 is 1.68 bits per heavy atom. The van der Waals surface area contributed by atoms with Gasteiger partial charge in [-0.15, -0.1) is 0 Å². The molecule has 1 aliphatic heterocycles. The number of fused-ring (bicyclic) bond motifs is 1. The van der Waals surface area contributed by atoms with Crippen LogP contribution in [-0.2, 0) is 19.6 Å². The maximum absolute atomic E-state index is 13.6. The zero-order valence-electron chi connectivity index (χ0n) is 17.4. The van der Waals surface area contributed by atoms with Gasteiger partial charge in [-0.05, 0) is 36.8 Å². The van der Waals surface area contributed by atoms with E-state index in [2.05, 4.69) is 9.80 Å². The first kappa shape index (κ1) is 19.3. The van der Waals surface area contributed by atoms with Crippen LogP contribution in [0.4, 0.5) is 11.6 Å². The highest BCUT2D eigenvalue weighted by Crippen LogP contribution is 2.28. The van der Waals surface area contributed by atoms with Gasteiger partial charge in [0.1, 0.15) is 5.76 Å². The molecule has 5 rings (SSSR count). The van der Waals surface area contributed by atoms with Crippen molar-refractivity contribution in [3.8, 4) is 0 Å². The second-order valence-corrected chi connectivity index (χ2v) is 7.83. The molecule has 4 aromatic rings. The van der Waals surface area contributed by atoms with Gasteiger partial charge in [-0.2, -0.15) is 0 Å². The third-order valence-electron chi connectivity index (χ3n) is 5.62. The molecule has 6 heteroatoms. The molecule has 0 atom stereocenters.